The minimum Gasteiger partial charge on any atom is -0.490 e. The maximum Gasteiger partial charge on any atom is 0.260 e. The summed E-state index contributed by atoms with van der Waals surface area (Å²) in [5.41, 5.74) is 9.46. The highest BCUT2D eigenvalue weighted by molar-refractivity contribution is 6.06. The Kier molecular flexibility index (Phi) is 13.9. The van der Waals surface area contributed by atoms with Gasteiger partial charge in [0.05, 0.1) is 61.0 Å². The molecule has 0 radical (unpaired) electrons. The van der Waals surface area contributed by atoms with Gasteiger partial charge in [-0.25, -0.2) is 0 Å². The molecule has 0 aromatic heterocycles. The van der Waals surface area contributed by atoms with Crippen molar-refractivity contribution in [3.63, 3.8) is 0 Å². The Bertz CT molecular complexity index is 2670. The van der Waals surface area contributed by atoms with E-state index in [1.807, 2.05) is 52.7 Å². The van der Waals surface area contributed by atoms with Gasteiger partial charge in [-0.3, -0.25) is 14.6 Å². The molecule has 14 heteroatoms. The Balaban J connectivity index is 0.762. The first-order chi connectivity index (χ1) is 34.8. The normalized spacial score (nSPS) is 22.6. The zero-order valence-corrected chi connectivity index (χ0v) is 41.5. The van der Waals surface area contributed by atoms with Crippen LogP contribution < -0.4 is 34.1 Å². The van der Waals surface area contributed by atoms with Crippen LogP contribution in [0.4, 0.5) is 22.7 Å². The number of benzene rings is 4. The third-order valence-electron chi connectivity index (χ3n) is 15.3. The second kappa shape index (κ2) is 21.1. The van der Waals surface area contributed by atoms with Gasteiger partial charge in [-0.2, -0.15) is 0 Å². The molecule has 2 amide bonds. The Hall–Kier alpha value is -6.51. The van der Waals surface area contributed by atoms with Crippen LogP contribution in [0.2, 0.25) is 0 Å². The van der Waals surface area contributed by atoms with E-state index in [4.69, 9.17) is 23.9 Å². The van der Waals surface area contributed by atoms with Crippen molar-refractivity contribution in [2.75, 3.05) is 115 Å². The zero-order valence-electron chi connectivity index (χ0n) is 41.5. The number of hydrogen-bond donors (Lipinski definition) is 1. The third kappa shape index (κ3) is 10.3. The molecule has 0 saturated carbocycles. The molecule has 2 atom stereocenters. The van der Waals surface area contributed by atoms with Crippen LogP contribution in [-0.2, 0) is 0 Å². The third-order valence-corrected chi connectivity index (χ3v) is 15.3. The molecule has 14 nitrogen and oxygen atoms in total. The van der Waals surface area contributed by atoms with Gasteiger partial charge in [-0.05, 0) is 92.0 Å². The van der Waals surface area contributed by atoms with Gasteiger partial charge < -0.3 is 53.7 Å². The summed E-state index contributed by atoms with van der Waals surface area (Å²) in [6.45, 7) is 10.8. The van der Waals surface area contributed by atoms with Crippen LogP contribution in [0, 0.1) is 0 Å². The molecule has 7 aliphatic rings. The molecule has 0 bridgehead atoms. The molecule has 0 spiro atoms. The Morgan fingerprint density at radius 3 is 1.59 bits per heavy atom. The average molecular weight is 961 g/mol. The van der Waals surface area contributed by atoms with Crippen molar-refractivity contribution >= 4 is 51.9 Å². The molecule has 4 aromatic rings. The van der Waals surface area contributed by atoms with Gasteiger partial charge in [0.1, 0.15) is 0 Å². The topological polar surface area (TPSA) is 115 Å². The Morgan fingerprint density at radius 2 is 1.00 bits per heavy atom. The highest BCUT2D eigenvalue weighted by Gasteiger charge is 2.36. The first-order valence-corrected chi connectivity index (χ1v) is 26.1. The highest BCUT2D eigenvalue weighted by atomic mass is 16.5. The predicted molar refractivity (Wildman–Crippen MR) is 281 cm³/mol. The molecule has 71 heavy (non-hydrogen) atoms. The molecule has 7 heterocycles. The number of nitrogens with one attached hydrogen (secondary N) is 1. The fourth-order valence-electron chi connectivity index (χ4n) is 10.9. The molecule has 372 valence electrons. The summed E-state index contributed by atoms with van der Waals surface area (Å²) in [7, 11) is 4.35. The number of piperazine rings is 2. The van der Waals surface area contributed by atoms with E-state index in [0.717, 1.165) is 120 Å². The number of fused-ring (bicyclic) bond motifs is 6. The van der Waals surface area contributed by atoms with Gasteiger partial charge >= 0.3 is 0 Å². The average Bonchev–Trinajstić information content (AvgIpc) is 3.98. The lowest BCUT2D eigenvalue weighted by Gasteiger charge is -2.34. The van der Waals surface area contributed by atoms with Gasteiger partial charge in [-0.1, -0.05) is 49.9 Å². The van der Waals surface area contributed by atoms with Crippen molar-refractivity contribution < 1.29 is 28.5 Å². The van der Waals surface area contributed by atoms with Crippen LogP contribution in [0.5, 0.6) is 23.0 Å². The number of likely N-dealkylation sites (N-methyl/N-ethyl adjacent to an activating group) is 2. The van der Waals surface area contributed by atoms with Gasteiger partial charge in [0.15, 0.2) is 23.0 Å². The summed E-state index contributed by atoms with van der Waals surface area (Å²) in [6.07, 6.45) is 14.0. The van der Waals surface area contributed by atoms with E-state index in [2.05, 4.69) is 87.5 Å². The van der Waals surface area contributed by atoms with Crippen molar-refractivity contribution in [3.05, 3.63) is 107 Å². The van der Waals surface area contributed by atoms with Crippen LogP contribution in [0.25, 0.3) is 11.1 Å². The minimum absolute atomic E-state index is 0.00604. The predicted octanol–water partition coefficient (Wildman–Crippen LogP) is 8.80. The largest absolute Gasteiger partial charge is 0.490 e. The highest BCUT2D eigenvalue weighted by Crippen LogP contribution is 2.42. The van der Waals surface area contributed by atoms with E-state index >= 15 is 0 Å². The lowest BCUT2D eigenvalue weighted by molar-refractivity contribution is 0.0793. The summed E-state index contributed by atoms with van der Waals surface area (Å²) in [4.78, 5) is 46.9. The molecule has 7 aliphatic heterocycles. The number of nitrogens with zero attached hydrogens (tertiary/aromatic N) is 7. The lowest BCUT2D eigenvalue weighted by atomic mass is 10.0. The second-order valence-corrected chi connectivity index (χ2v) is 20.2. The molecule has 4 aromatic carbocycles. The maximum atomic E-state index is 14.4. The smallest absolute Gasteiger partial charge is 0.260 e. The fourth-order valence-corrected chi connectivity index (χ4v) is 10.9. The number of carbonyl (C=O) groups excluding carboxylic acids is 2. The molecule has 2 saturated heterocycles. The Labute approximate surface area is 418 Å². The quantitative estimate of drug-likeness (QED) is 0.212. The summed E-state index contributed by atoms with van der Waals surface area (Å²) >= 11 is 0. The summed E-state index contributed by atoms with van der Waals surface area (Å²) < 4.78 is 25.7. The van der Waals surface area contributed by atoms with Crippen molar-refractivity contribution in [2.45, 2.75) is 69.9 Å². The van der Waals surface area contributed by atoms with E-state index in [1.165, 1.54) is 16.9 Å². The summed E-state index contributed by atoms with van der Waals surface area (Å²) in [5.74, 6) is 2.14. The van der Waals surface area contributed by atoms with E-state index < -0.39 is 0 Å². The number of hydrogen-bond acceptors (Lipinski definition) is 12. The van der Waals surface area contributed by atoms with Gasteiger partial charge in [0, 0.05) is 114 Å². The SMILES string of the molecule is CN1CCN(c2ccc(C3=CN4C(=O)c5cc6c(cc5NCC4C3)OCCCOc3cc4c(cc3OCCCCCCCCO6)C(=O)N3C=C(c5ccc(N6CCN(C)CC6)cc5)C[C@H]3C=N4)cc2)CC1. The summed E-state index contributed by atoms with van der Waals surface area (Å²) in [5, 5.41) is 3.60. The lowest BCUT2D eigenvalue weighted by Crippen LogP contribution is -2.44. The van der Waals surface area contributed by atoms with Crippen molar-refractivity contribution in [2.24, 2.45) is 4.99 Å². The first-order valence-electron chi connectivity index (χ1n) is 26.1. The minimum atomic E-state index is -0.182. The number of amides is 2. The standard InChI is InChI=1S/C57H68N8O6/c1-60-18-22-62(23-19-60)44-14-10-40(11-15-44)42-30-46-36-58-50-34-54-52(32-48(50)56(66)64(46)38-42)68-26-7-5-3-4-6-8-27-69-53-33-49-51(35-55(53)71-29-9-28-70-54)59-37-47-31-43(39-65(47)57(49)67)41-12-16-45(17-13-41)63-24-20-61(2)21-25-63/h10-17,32-36,38-39,46-47,59H,3-9,18-31,37H2,1-2H3/t46-,47?/m0/s1. The molecule has 0 aliphatic carbocycles. The van der Waals surface area contributed by atoms with Crippen LogP contribution in [0.15, 0.2) is 90.2 Å². The molecule has 11 rings (SSSR count). The van der Waals surface area contributed by atoms with Crippen LogP contribution in [0.1, 0.15) is 89.6 Å². The Morgan fingerprint density at radius 1 is 0.521 bits per heavy atom. The van der Waals surface area contributed by atoms with E-state index in [0.29, 0.717) is 85.6 Å². The van der Waals surface area contributed by atoms with E-state index in [-0.39, 0.29) is 23.9 Å². The zero-order chi connectivity index (χ0) is 48.3. The van der Waals surface area contributed by atoms with Crippen LogP contribution in [0.3, 0.4) is 0 Å². The van der Waals surface area contributed by atoms with Crippen LogP contribution >= 0.6 is 0 Å². The number of ether oxygens (including phenoxy) is 4. The van der Waals surface area contributed by atoms with Crippen molar-refractivity contribution in [3.8, 4) is 23.0 Å². The van der Waals surface area contributed by atoms with Crippen molar-refractivity contribution in [1.29, 1.82) is 0 Å². The van der Waals surface area contributed by atoms with Gasteiger partial charge in [0.25, 0.3) is 11.8 Å². The van der Waals surface area contributed by atoms with Crippen LogP contribution in [-0.4, -0.2) is 149 Å². The molecular weight excluding hydrogens is 893 g/mol. The number of anilines is 3. The molecule has 2 fully saturated rings. The van der Waals surface area contributed by atoms with Crippen molar-refractivity contribution in [1.82, 2.24) is 19.6 Å². The molecule has 1 unspecified atom stereocenters. The van der Waals surface area contributed by atoms with E-state index in [1.54, 1.807) is 0 Å². The van der Waals surface area contributed by atoms with Gasteiger partial charge in [0.2, 0.25) is 0 Å². The number of rotatable bonds is 4. The number of carbonyl (C=O) groups is 2. The maximum absolute atomic E-state index is 14.4. The molecular formula is C57H68N8O6. The monoisotopic (exact) mass is 961 g/mol. The summed E-state index contributed by atoms with van der Waals surface area (Å²) in [6, 6.07) is 24.9. The van der Waals surface area contributed by atoms with Gasteiger partial charge in [-0.15, -0.1) is 0 Å². The molecule has 1 N–H and O–H groups in total. The fraction of sp³-hybridized carbons (Fsp3) is 0.456. The second-order valence-electron chi connectivity index (χ2n) is 20.2. The van der Waals surface area contributed by atoms with E-state index in [9.17, 15) is 9.59 Å². The first kappa shape index (κ1) is 46.8. The number of aliphatic imine (C=N–C) groups is 1.